The summed E-state index contributed by atoms with van der Waals surface area (Å²) >= 11 is 3.31. The molecule has 4 heteroatoms. The third-order valence-corrected chi connectivity index (χ3v) is 2.76. The summed E-state index contributed by atoms with van der Waals surface area (Å²) in [5.74, 6) is -0.727. The Bertz CT molecular complexity index is 349. The topological polar surface area (TPSA) is 46.5 Å². The second kappa shape index (κ2) is 4.46. The van der Waals surface area contributed by atoms with Crippen LogP contribution in [0.1, 0.15) is 18.4 Å². The lowest BCUT2D eigenvalue weighted by atomic mass is 10.0. The van der Waals surface area contributed by atoms with E-state index >= 15 is 0 Å². The molecule has 0 saturated carbocycles. The fourth-order valence-corrected chi connectivity index (χ4v) is 1.70. The molecule has 1 N–H and O–H groups in total. The molecule has 0 amide bonds. The Hall–Kier alpha value is -1.03. The smallest absolute Gasteiger partial charge is 0.310 e. The molecule has 3 nitrogen and oxygen atoms in total. The number of aliphatic carboxylic acids is 1. The minimum atomic E-state index is -0.848. The van der Waals surface area contributed by atoms with Crippen molar-refractivity contribution in [3.8, 4) is 5.75 Å². The molecule has 1 atom stereocenters. The van der Waals surface area contributed by atoms with Gasteiger partial charge >= 0.3 is 5.97 Å². The van der Waals surface area contributed by atoms with Crippen molar-refractivity contribution < 1.29 is 14.6 Å². The van der Waals surface area contributed by atoms with Crippen LogP contribution in [0.2, 0.25) is 0 Å². The van der Waals surface area contributed by atoms with Crippen molar-refractivity contribution in [2.45, 2.75) is 12.8 Å². The standard InChI is InChI=1S/C10H11BrO3/c1-6(10(12)13)8-5-7(14-2)3-4-9(8)11/h3-6H,1-2H3,(H,12,13)/t6-/m0/s1. The molecule has 1 aromatic carbocycles. The van der Waals surface area contributed by atoms with Crippen LogP contribution in [0.25, 0.3) is 0 Å². The zero-order valence-electron chi connectivity index (χ0n) is 7.95. The Labute approximate surface area is 90.8 Å². The van der Waals surface area contributed by atoms with Crippen LogP contribution in [0.5, 0.6) is 5.75 Å². The lowest BCUT2D eigenvalue weighted by molar-refractivity contribution is -0.138. The first-order chi connectivity index (χ1) is 6.56. The van der Waals surface area contributed by atoms with Gasteiger partial charge < -0.3 is 9.84 Å². The summed E-state index contributed by atoms with van der Waals surface area (Å²) in [6.07, 6.45) is 0. The molecule has 0 aliphatic heterocycles. The number of hydrogen-bond donors (Lipinski definition) is 1. The average Bonchev–Trinajstić information content (AvgIpc) is 2.17. The van der Waals surface area contributed by atoms with E-state index in [9.17, 15) is 4.79 Å². The van der Waals surface area contributed by atoms with E-state index in [0.29, 0.717) is 5.75 Å². The fourth-order valence-electron chi connectivity index (χ4n) is 1.11. The van der Waals surface area contributed by atoms with E-state index in [-0.39, 0.29) is 0 Å². The van der Waals surface area contributed by atoms with Gasteiger partial charge in [0.1, 0.15) is 5.75 Å². The molecule has 0 aliphatic rings. The Morgan fingerprint density at radius 2 is 2.21 bits per heavy atom. The molecule has 14 heavy (non-hydrogen) atoms. The van der Waals surface area contributed by atoms with Gasteiger partial charge in [-0.05, 0) is 30.7 Å². The summed E-state index contributed by atoms with van der Waals surface area (Å²) in [6, 6.07) is 5.29. The number of benzene rings is 1. The van der Waals surface area contributed by atoms with Gasteiger partial charge in [0.2, 0.25) is 0 Å². The molecule has 0 radical (unpaired) electrons. The third-order valence-electron chi connectivity index (χ3n) is 2.04. The molecule has 0 bridgehead atoms. The highest BCUT2D eigenvalue weighted by Gasteiger charge is 2.17. The van der Waals surface area contributed by atoms with Crippen LogP contribution in [0.15, 0.2) is 22.7 Å². The predicted octanol–water partition coefficient (Wildman–Crippen LogP) is 2.65. The van der Waals surface area contributed by atoms with Gasteiger partial charge in [-0.25, -0.2) is 0 Å². The van der Waals surface area contributed by atoms with Gasteiger partial charge in [0.05, 0.1) is 13.0 Å². The molecule has 0 unspecified atom stereocenters. The number of carboxylic acid groups (broad SMARTS) is 1. The summed E-state index contributed by atoms with van der Waals surface area (Å²) in [5.41, 5.74) is 0.719. The van der Waals surface area contributed by atoms with Gasteiger partial charge in [0.15, 0.2) is 0 Å². The molecule has 0 aliphatic carbocycles. The summed E-state index contributed by atoms with van der Waals surface area (Å²) in [6.45, 7) is 1.64. The highest BCUT2D eigenvalue weighted by atomic mass is 79.9. The van der Waals surface area contributed by atoms with E-state index < -0.39 is 11.9 Å². The summed E-state index contributed by atoms with van der Waals surface area (Å²) < 4.78 is 5.81. The summed E-state index contributed by atoms with van der Waals surface area (Å²) in [7, 11) is 1.55. The van der Waals surface area contributed by atoms with Crippen molar-refractivity contribution in [1.82, 2.24) is 0 Å². The number of carbonyl (C=O) groups is 1. The summed E-state index contributed by atoms with van der Waals surface area (Å²) in [5, 5.41) is 8.86. The van der Waals surface area contributed by atoms with E-state index in [2.05, 4.69) is 15.9 Å². The van der Waals surface area contributed by atoms with E-state index in [0.717, 1.165) is 10.0 Å². The molecule has 0 spiro atoms. The number of rotatable bonds is 3. The minimum absolute atomic E-state index is 0.542. The van der Waals surface area contributed by atoms with Crippen molar-refractivity contribution >= 4 is 21.9 Å². The fraction of sp³-hybridized carbons (Fsp3) is 0.300. The number of carboxylic acids is 1. The Balaban J connectivity index is 3.11. The highest BCUT2D eigenvalue weighted by molar-refractivity contribution is 9.10. The van der Waals surface area contributed by atoms with Gasteiger partial charge in [0, 0.05) is 4.47 Å². The van der Waals surface area contributed by atoms with E-state index in [1.165, 1.54) is 0 Å². The Kier molecular flexibility index (Phi) is 3.52. The van der Waals surface area contributed by atoms with Gasteiger partial charge in [0.25, 0.3) is 0 Å². The zero-order chi connectivity index (χ0) is 10.7. The molecule has 0 saturated heterocycles. The average molecular weight is 259 g/mol. The zero-order valence-corrected chi connectivity index (χ0v) is 9.54. The molecule has 0 aromatic heterocycles. The molecular weight excluding hydrogens is 248 g/mol. The third kappa shape index (κ3) is 2.26. The van der Waals surface area contributed by atoms with Gasteiger partial charge in [-0.15, -0.1) is 0 Å². The van der Waals surface area contributed by atoms with Crippen LogP contribution >= 0.6 is 15.9 Å². The van der Waals surface area contributed by atoms with Crippen LogP contribution in [-0.2, 0) is 4.79 Å². The van der Waals surface area contributed by atoms with Crippen molar-refractivity contribution in [3.63, 3.8) is 0 Å². The predicted molar refractivity (Wildman–Crippen MR) is 56.7 cm³/mol. The van der Waals surface area contributed by atoms with E-state index in [1.807, 2.05) is 0 Å². The quantitative estimate of drug-likeness (QED) is 0.907. The van der Waals surface area contributed by atoms with Gasteiger partial charge in [-0.3, -0.25) is 4.79 Å². The van der Waals surface area contributed by atoms with Crippen molar-refractivity contribution in [3.05, 3.63) is 28.2 Å². The van der Waals surface area contributed by atoms with E-state index in [1.54, 1.807) is 32.2 Å². The maximum Gasteiger partial charge on any atom is 0.310 e. The van der Waals surface area contributed by atoms with Crippen LogP contribution in [-0.4, -0.2) is 18.2 Å². The molecule has 0 fully saturated rings. The van der Waals surface area contributed by atoms with Gasteiger partial charge in [-0.2, -0.15) is 0 Å². The lowest BCUT2D eigenvalue weighted by Crippen LogP contribution is -2.08. The first-order valence-corrected chi connectivity index (χ1v) is 4.91. The lowest BCUT2D eigenvalue weighted by Gasteiger charge is -2.10. The van der Waals surface area contributed by atoms with Crippen LogP contribution in [0.3, 0.4) is 0 Å². The summed E-state index contributed by atoms with van der Waals surface area (Å²) in [4.78, 5) is 10.8. The Morgan fingerprint density at radius 3 is 2.71 bits per heavy atom. The minimum Gasteiger partial charge on any atom is -0.497 e. The molecule has 1 aromatic rings. The monoisotopic (exact) mass is 258 g/mol. The SMILES string of the molecule is COc1ccc(Br)c([C@H](C)C(=O)O)c1. The molecular formula is C10H11BrO3. The van der Waals surface area contributed by atoms with E-state index in [4.69, 9.17) is 9.84 Å². The number of hydrogen-bond acceptors (Lipinski definition) is 2. The van der Waals surface area contributed by atoms with Crippen LogP contribution in [0.4, 0.5) is 0 Å². The number of ether oxygens (including phenoxy) is 1. The number of halogens is 1. The van der Waals surface area contributed by atoms with Gasteiger partial charge in [-0.1, -0.05) is 15.9 Å². The normalized spacial score (nSPS) is 12.2. The first kappa shape index (κ1) is 11.0. The van der Waals surface area contributed by atoms with Crippen LogP contribution < -0.4 is 4.74 Å². The Morgan fingerprint density at radius 1 is 1.57 bits per heavy atom. The largest absolute Gasteiger partial charge is 0.497 e. The highest BCUT2D eigenvalue weighted by Crippen LogP contribution is 2.28. The van der Waals surface area contributed by atoms with Crippen molar-refractivity contribution in [2.24, 2.45) is 0 Å². The maximum atomic E-state index is 10.8. The molecule has 1 rings (SSSR count). The first-order valence-electron chi connectivity index (χ1n) is 4.12. The second-order valence-electron chi connectivity index (χ2n) is 2.95. The maximum absolute atomic E-state index is 10.8. The van der Waals surface area contributed by atoms with Crippen molar-refractivity contribution in [1.29, 1.82) is 0 Å². The number of methoxy groups -OCH3 is 1. The molecule has 76 valence electrons. The van der Waals surface area contributed by atoms with Crippen LogP contribution in [0, 0.1) is 0 Å². The second-order valence-corrected chi connectivity index (χ2v) is 3.80. The van der Waals surface area contributed by atoms with Crippen molar-refractivity contribution in [2.75, 3.05) is 7.11 Å². The molecule has 0 heterocycles.